The molecular formula is C17H13N3O3. The Morgan fingerprint density at radius 3 is 2.96 bits per heavy atom. The zero-order valence-corrected chi connectivity index (χ0v) is 12.2. The zero-order valence-electron chi connectivity index (χ0n) is 12.2. The van der Waals surface area contributed by atoms with Crippen molar-refractivity contribution in [1.29, 1.82) is 0 Å². The fourth-order valence-electron chi connectivity index (χ4n) is 2.39. The first-order valence-corrected chi connectivity index (χ1v) is 7.18. The van der Waals surface area contributed by atoms with Crippen molar-refractivity contribution in [2.24, 2.45) is 0 Å². The molecule has 2 heterocycles. The Balaban J connectivity index is 1.48. The minimum absolute atomic E-state index is 0.157. The van der Waals surface area contributed by atoms with Crippen molar-refractivity contribution in [3.8, 4) is 11.5 Å². The average Bonchev–Trinajstić information content (AvgIpc) is 3.07. The van der Waals surface area contributed by atoms with E-state index in [1.54, 1.807) is 6.20 Å². The van der Waals surface area contributed by atoms with Crippen LogP contribution in [0.1, 0.15) is 16.2 Å². The van der Waals surface area contributed by atoms with E-state index in [0.29, 0.717) is 12.3 Å². The van der Waals surface area contributed by atoms with E-state index >= 15 is 0 Å². The number of carbonyl (C=O) groups is 1. The van der Waals surface area contributed by atoms with Crippen LogP contribution in [-0.4, -0.2) is 22.7 Å². The normalized spacial score (nSPS) is 12.3. The molecule has 1 aliphatic heterocycles. The number of benzene rings is 2. The van der Waals surface area contributed by atoms with E-state index in [1.807, 2.05) is 42.5 Å². The zero-order chi connectivity index (χ0) is 15.6. The van der Waals surface area contributed by atoms with Crippen molar-refractivity contribution < 1.29 is 14.3 Å². The van der Waals surface area contributed by atoms with Crippen LogP contribution in [0, 0.1) is 0 Å². The van der Waals surface area contributed by atoms with Gasteiger partial charge in [-0.05, 0) is 23.8 Å². The fourth-order valence-corrected chi connectivity index (χ4v) is 2.39. The standard InChI is InChI=1S/C17H13N3O3/c21-17(16-18-9-12-3-1-2-4-13(12)20-16)19-8-11-5-6-14-15(7-11)23-10-22-14/h1-7,9H,8,10H2,(H,19,21). The second kappa shape index (κ2) is 5.57. The summed E-state index contributed by atoms with van der Waals surface area (Å²) in [6.07, 6.45) is 1.65. The van der Waals surface area contributed by atoms with Gasteiger partial charge in [-0.3, -0.25) is 4.79 Å². The van der Waals surface area contributed by atoms with Crippen LogP contribution < -0.4 is 14.8 Å². The maximum atomic E-state index is 12.2. The highest BCUT2D eigenvalue weighted by Gasteiger charge is 2.14. The fraction of sp³-hybridized carbons (Fsp3) is 0.118. The summed E-state index contributed by atoms with van der Waals surface area (Å²) in [7, 11) is 0. The van der Waals surface area contributed by atoms with Crippen LogP contribution in [0.15, 0.2) is 48.7 Å². The molecule has 23 heavy (non-hydrogen) atoms. The molecule has 2 aromatic carbocycles. The summed E-state index contributed by atoms with van der Waals surface area (Å²) >= 11 is 0. The van der Waals surface area contributed by atoms with Crippen LogP contribution in [0.4, 0.5) is 0 Å². The molecule has 1 amide bonds. The van der Waals surface area contributed by atoms with Crippen LogP contribution in [0.3, 0.4) is 0 Å². The number of ether oxygens (including phenoxy) is 2. The molecule has 1 aromatic heterocycles. The lowest BCUT2D eigenvalue weighted by atomic mass is 10.2. The van der Waals surface area contributed by atoms with Gasteiger partial charge in [0, 0.05) is 18.1 Å². The van der Waals surface area contributed by atoms with Crippen LogP contribution in [0.2, 0.25) is 0 Å². The Hall–Kier alpha value is -3.15. The Morgan fingerprint density at radius 2 is 2.00 bits per heavy atom. The maximum Gasteiger partial charge on any atom is 0.289 e. The molecule has 0 saturated carbocycles. The number of hydrogen-bond donors (Lipinski definition) is 1. The molecule has 0 atom stereocenters. The van der Waals surface area contributed by atoms with E-state index in [-0.39, 0.29) is 18.5 Å². The molecule has 4 rings (SSSR count). The molecule has 0 radical (unpaired) electrons. The summed E-state index contributed by atoms with van der Waals surface area (Å²) < 4.78 is 10.6. The first-order valence-electron chi connectivity index (χ1n) is 7.18. The monoisotopic (exact) mass is 307 g/mol. The van der Waals surface area contributed by atoms with Crippen molar-refractivity contribution in [2.75, 3.05) is 6.79 Å². The van der Waals surface area contributed by atoms with Gasteiger partial charge in [0.1, 0.15) is 0 Å². The number of nitrogens with zero attached hydrogens (tertiary/aromatic N) is 2. The topological polar surface area (TPSA) is 73.3 Å². The van der Waals surface area contributed by atoms with Gasteiger partial charge in [0.05, 0.1) is 5.52 Å². The predicted octanol–water partition coefficient (Wildman–Crippen LogP) is 2.29. The molecule has 0 bridgehead atoms. The SMILES string of the molecule is O=C(NCc1ccc2c(c1)OCO2)c1ncc2ccccc2n1. The van der Waals surface area contributed by atoms with Crippen molar-refractivity contribution >= 4 is 16.8 Å². The van der Waals surface area contributed by atoms with Crippen LogP contribution >= 0.6 is 0 Å². The summed E-state index contributed by atoms with van der Waals surface area (Å²) in [6, 6.07) is 13.1. The maximum absolute atomic E-state index is 12.2. The Labute approximate surface area is 132 Å². The average molecular weight is 307 g/mol. The van der Waals surface area contributed by atoms with Crippen LogP contribution in [0.5, 0.6) is 11.5 Å². The van der Waals surface area contributed by atoms with E-state index in [9.17, 15) is 4.79 Å². The van der Waals surface area contributed by atoms with Gasteiger partial charge in [-0.2, -0.15) is 0 Å². The summed E-state index contributed by atoms with van der Waals surface area (Å²) in [6.45, 7) is 0.599. The third-order valence-corrected chi connectivity index (χ3v) is 3.58. The van der Waals surface area contributed by atoms with Gasteiger partial charge in [0.2, 0.25) is 12.6 Å². The smallest absolute Gasteiger partial charge is 0.289 e. The summed E-state index contributed by atoms with van der Waals surface area (Å²) in [5.74, 6) is 1.26. The summed E-state index contributed by atoms with van der Waals surface area (Å²) in [5.41, 5.74) is 1.67. The van der Waals surface area contributed by atoms with E-state index < -0.39 is 0 Å². The lowest BCUT2D eigenvalue weighted by Gasteiger charge is -2.06. The van der Waals surface area contributed by atoms with Gasteiger partial charge in [-0.25, -0.2) is 9.97 Å². The molecule has 0 fully saturated rings. The Kier molecular flexibility index (Phi) is 3.27. The van der Waals surface area contributed by atoms with Gasteiger partial charge in [0.25, 0.3) is 5.91 Å². The number of rotatable bonds is 3. The first-order chi connectivity index (χ1) is 11.3. The quantitative estimate of drug-likeness (QED) is 0.803. The molecule has 0 unspecified atom stereocenters. The third kappa shape index (κ3) is 2.66. The number of aromatic nitrogens is 2. The number of amides is 1. The third-order valence-electron chi connectivity index (χ3n) is 3.58. The lowest BCUT2D eigenvalue weighted by Crippen LogP contribution is -2.24. The van der Waals surface area contributed by atoms with E-state index in [2.05, 4.69) is 15.3 Å². The van der Waals surface area contributed by atoms with E-state index in [0.717, 1.165) is 22.2 Å². The summed E-state index contributed by atoms with van der Waals surface area (Å²) in [5, 5.41) is 3.71. The van der Waals surface area contributed by atoms with Gasteiger partial charge in [0.15, 0.2) is 11.5 Å². The lowest BCUT2D eigenvalue weighted by molar-refractivity contribution is 0.0941. The molecule has 1 aliphatic rings. The molecule has 114 valence electrons. The second-order valence-electron chi connectivity index (χ2n) is 5.12. The Bertz CT molecular complexity index is 895. The molecule has 1 N–H and O–H groups in total. The van der Waals surface area contributed by atoms with E-state index in [1.165, 1.54) is 0 Å². The second-order valence-corrected chi connectivity index (χ2v) is 5.12. The minimum atomic E-state index is -0.312. The van der Waals surface area contributed by atoms with Crippen molar-refractivity contribution in [2.45, 2.75) is 6.54 Å². The molecular weight excluding hydrogens is 294 g/mol. The number of carbonyl (C=O) groups excluding carboxylic acids is 1. The summed E-state index contributed by atoms with van der Waals surface area (Å²) in [4.78, 5) is 20.6. The highest BCUT2D eigenvalue weighted by Crippen LogP contribution is 2.32. The van der Waals surface area contributed by atoms with Crippen molar-refractivity contribution in [3.05, 3.63) is 60.0 Å². The van der Waals surface area contributed by atoms with Gasteiger partial charge in [-0.15, -0.1) is 0 Å². The van der Waals surface area contributed by atoms with Crippen molar-refractivity contribution in [1.82, 2.24) is 15.3 Å². The predicted molar refractivity (Wildman–Crippen MR) is 83.3 cm³/mol. The number of para-hydroxylation sites is 1. The number of nitrogens with one attached hydrogen (secondary N) is 1. The van der Waals surface area contributed by atoms with Crippen LogP contribution in [-0.2, 0) is 6.54 Å². The van der Waals surface area contributed by atoms with E-state index in [4.69, 9.17) is 9.47 Å². The van der Waals surface area contributed by atoms with Crippen molar-refractivity contribution in [3.63, 3.8) is 0 Å². The minimum Gasteiger partial charge on any atom is -0.454 e. The van der Waals surface area contributed by atoms with Gasteiger partial charge < -0.3 is 14.8 Å². The highest BCUT2D eigenvalue weighted by atomic mass is 16.7. The molecule has 0 aliphatic carbocycles. The van der Waals surface area contributed by atoms with Crippen LogP contribution in [0.25, 0.3) is 10.9 Å². The number of fused-ring (bicyclic) bond motifs is 2. The highest BCUT2D eigenvalue weighted by molar-refractivity contribution is 5.92. The molecule has 0 spiro atoms. The first kappa shape index (κ1) is 13.5. The Morgan fingerprint density at radius 1 is 1.13 bits per heavy atom. The van der Waals surface area contributed by atoms with Gasteiger partial charge in [-0.1, -0.05) is 24.3 Å². The molecule has 3 aromatic rings. The number of hydrogen-bond acceptors (Lipinski definition) is 5. The molecule has 6 heteroatoms. The van der Waals surface area contributed by atoms with Gasteiger partial charge >= 0.3 is 0 Å². The molecule has 6 nitrogen and oxygen atoms in total. The largest absolute Gasteiger partial charge is 0.454 e. The molecule has 0 saturated heterocycles.